The Morgan fingerprint density at radius 2 is 1.77 bits per heavy atom. The molecule has 116 valence electrons. The fraction of sp³-hybridized carbons (Fsp3) is 0.188. The zero-order valence-corrected chi connectivity index (χ0v) is 12.8. The number of urea groups is 1. The van der Waals surface area contributed by atoms with Gasteiger partial charge in [-0.05, 0) is 24.3 Å². The van der Waals surface area contributed by atoms with Crippen LogP contribution in [-0.2, 0) is 0 Å². The number of carbonyl (C=O) groups excluding carboxylic acids is 1. The molecule has 0 saturated heterocycles. The van der Waals surface area contributed by atoms with Crippen molar-refractivity contribution in [2.45, 2.75) is 0 Å². The molecule has 2 rings (SSSR count). The number of hydrogen-bond acceptors (Lipinski definition) is 4. The second-order valence-electron chi connectivity index (χ2n) is 4.74. The monoisotopic (exact) mass is 301 g/mol. The zero-order valence-electron chi connectivity index (χ0n) is 12.8. The number of benzene rings is 2. The topological polar surface area (TPSA) is 62.8 Å². The van der Waals surface area contributed by atoms with E-state index in [-0.39, 0.29) is 6.03 Å². The van der Waals surface area contributed by atoms with Crippen molar-refractivity contribution >= 4 is 11.7 Å². The van der Waals surface area contributed by atoms with Gasteiger partial charge in [-0.15, -0.1) is 0 Å². The minimum absolute atomic E-state index is 0.341. The molecule has 2 aromatic carbocycles. The number of hydrazine groups is 1. The van der Waals surface area contributed by atoms with Gasteiger partial charge in [0, 0.05) is 20.2 Å². The van der Waals surface area contributed by atoms with E-state index in [0.717, 1.165) is 0 Å². The van der Waals surface area contributed by atoms with Crippen molar-refractivity contribution in [3.05, 3.63) is 48.5 Å². The van der Waals surface area contributed by atoms with Gasteiger partial charge < -0.3 is 14.8 Å². The first-order valence-corrected chi connectivity index (χ1v) is 6.74. The van der Waals surface area contributed by atoms with E-state index < -0.39 is 0 Å². The van der Waals surface area contributed by atoms with Gasteiger partial charge in [0.05, 0.1) is 12.8 Å². The quantitative estimate of drug-likeness (QED) is 0.833. The lowest BCUT2D eigenvalue weighted by Gasteiger charge is -2.15. The number of ether oxygens (including phenoxy) is 2. The molecule has 0 saturated carbocycles. The molecule has 2 aromatic rings. The van der Waals surface area contributed by atoms with E-state index in [1.54, 1.807) is 44.4 Å². The molecule has 0 aliphatic rings. The largest absolute Gasteiger partial charge is 0.497 e. The van der Waals surface area contributed by atoms with E-state index in [1.807, 2.05) is 30.3 Å². The van der Waals surface area contributed by atoms with Crippen molar-refractivity contribution < 1.29 is 14.3 Å². The summed E-state index contributed by atoms with van der Waals surface area (Å²) in [7, 11) is 5.07. The number of rotatable bonds is 5. The molecule has 0 heterocycles. The molecule has 6 nitrogen and oxygen atoms in total. The summed E-state index contributed by atoms with van der Waals surface area (Å²) in [6, 6.07) is 14.1. The molecule has 0 fully saturated rings. The molecule has 0 spiro atoms. The highest BCUT2D eigenvalue weighted by Gasteiger charge is 2.09. The number of methoxy groups -OCH3 is 1. The fourth-order valence-electron chi connectivity index (χ4n) is 1.80. The summed E-state index contributed by atoms with van der Waals surface area (Å²) in [4.78, 5) is 11.8. The average molecular weight is 301 g/mol. The van der Waals surface area contributed by atoms with Gasteiger partial charge in [-0.2, -0.15) is 0 Å². The Bertz CT molecular complexity index is 644. The minimum atomic E-state index is -0.341. The third-order valence-electron chi connectivity index (χ3n) is 2.73. The van der Waals surface area contributed by atoms with Crippen LogP contribution in [0.2, 0.25) is 0 Å². The first-order valence-electron chi connectivity index (χ1n) is 6.74. The number of nitrogens with one attached hydrogen (secondary N) is 2. The second kappa shape index (κ2) is 7.33. The van der Waals surface area contributed by atoms with Gasteiger partial charge in [-0.3, -0.25) is 5.43 Å². The maximum absolute atomic E-state index is 11.8. The van der Waals surface area contributed by atoms with Crippen LogP contribution in [0.1, 0.15) is 0 Å². The van der Waals surface area contributed by atoms with Crippen molar-refractivity contribution in [2.75, 3.05) is 26.5 Å². The van der Waals surface area contributed by atoms with Crippen LogP contribution in [0.4, 0.5) is 10.5 Å². The van der Waals surface area contributed by atoms with Crippen molar-refractivity contribution in [1.82, 2.24) is 10.4 Å². The summed E-state index contributed by atoms with van der Waals surface area (Å²) in [6.07, 6.45) is 0. The SMILES string of the molecule is COc1cccc(Oc2ccccc2NC(=O)NN(C)C)c1. The lowest BCUT2D eigenvalue weighted by Crippen LogP contribution is -2.39. The highest BCUT2D eigenvalue weighted by Crippen LogP contribution is 2.30. The van der Waals surface area contributed by atoms with E-state index in [2.05, 4.69) is 10.7 Å². The molecule has 0 aliphatic carbocycles. The molecule has 2 N–H and O–H groups in total. The number of nitrogens with zero attached hydrogens (tertiary/aromatic N) is 1. The van der Waals surface area contributed by atoms with Crippen molar-refractivity contribution in [3.8, 4) is 17.2 Å². The van der Waals surface area contributed by atoms with E-state index in [9.17, 15) is 4.79 Å². The van der Waals surface area contributed by atoms with E-state index in [4.69, 9.17) is 9.47 Å². The van der Waals surface area contributed by atoms with Gasteiger partial charge in [-0.25, -0.2) is 9.80 Å². The Morgan fingerprint density at radius 1 is 1.05 bits per heavy atom. The van der Waals surface area contributed by atoms with Crippen LogP contribution in [0.3, 0.4) is 0 Å². The van der Waals surface area contributed by atoms with Gasteiger partial charge in [0.1, 0.15) is 11.5 Å². The Labute approximate surface area is 129 Å². The van der Waals surface area contributed by atoms with Gasteiger partial charge in [0.2, 0.25) is 0 Å². The van der Waals surface area contributed by atoms with Crippen LogP contribution < -0.4 is 20.2 Å². The number of para-hydroxylation sites is 2. The molecule has 0 bridgehead atoms. The van der Waals surface area contributed by atoms with Crippen LogP contribution in [0.5, 0.6) is 17.2 Å². The van der Waals surface area contributed by atoms with Gasteiger partial charge in [0.25, 0.3) is 0 Å². The smallest absolute Gasteiger partial charge is 0.333 e. The van der Waals surface area contributed by atoms with E-state index >= 15 is 0 Å². The summed E-state index contributed by atoms with van der Waals surface area (Å²) in [6.45, 7) is 0. The number of anilines is 1. The van der Waals surface area contributed by atoms with Gasteiger partial charge in [0.15, 0.2) is 5.75 Å². The fourth-order valence-corrected chi connectivity index (χ4v) is 1.80. The first-order chi connectivity index (χ1) is 10.6. The van der Waals surface area contributed by atoms with E-state index in [0.29, 0.717) is 22.9 Å². The highest BCUT2D eigenvalue weighted by atomic mass is 16.5. The molecular formula is C16H19N3O3. The van der Waals surface area contributed by atoms with Crippen molar-refractivity contribution in [1.29, 1.82) is 0 Å². The average Bonchev–Trinajstić information content (AvgIpc) is 2.48. The Morgan fingerprint density at radius 3 is 2.50 bits per heavy atom. The summed E-state index contributed by atoms with van der Waals surface area (Å²) < 4.78 is 11.0. The summed E-state index contributed by atoms with van der Waals surface area (Å²) in [5.74, 6) is 1.87. The third kappa shape index (κ3) is 4.39. The van der Waals surface area contributed by atoms with Crippen LogP contribution in [0.15, 0.2) is 48.5 Å². The number of hydrogen-bond donors (Lipinski definition) is 2. The Kier molecular flexibility index (Phi) is 5.21. The van der Waals surface area contributed by atoms with Crippen LogP contribution in [0.25, 0.3) is 0 Å². The van der Waals surface area contributed by atoms with Crippen molar-refractivity contribution in [3.63, 3.8) is 0 Å². The molecule has 0 aromatic heterocycles. The zero-order chi connectivity index (χ0) is 15.9. The predicted molar refractivity (Wildman–Crippen MR) is 85.4 cm³/mol. The number of amides is 2. The molecule has 0 radical (unpaired) electrons. The summed E-state index contributed by atoms with van der Waals surface area (Å²) >= 11 is 0. The molecule has 22 heavy (non-hydrogen) atoms. The van der Waals surface area contributed by atoms with E-state index in [1.165, 1.54) is 0 Å². The van der Waals surface area contributed by atoms with Gasteiger partial charge in [-0.1, -0.05) is 18.2 Å². The number of carbonyl (C=O) groups is 1. The summed E-state index contributed by atoms with van der Waals surface area (Å²) in [5.41, 5.74) is 3.18. The minimum Gasteiger partial charge on any atom is -0.497 e. The predicted octanol–water partition coefficient (Wildman–Crippen LogP) is 3.09. The first kappa shape index (κ1) is 15.7. The standard InChI is InChI=1S/C16H19N3O3/c1-19(2)18-16(20)17-14-9-4-5-10-15(14)22-13-8-6-7-12(11-13)21-3/h4-11H,1-3H3,(H2,17,18,20). The molecule has 6 heteroatoms. The third-order valence-corrected chi connectivity index (χ3v) is 2.73. The van der Waals surface area contributed by atoms with Crippen LogP contribution in [-0.4, -0.2) is 32.2 Å². The van der Waals surface area contributed by atoms with Crippen molar-refractivity contribution in [2.24, 2.45) is 0 Å². The molecule has 2 amide bonds. The van der Waals surface area contributed by atoms with Gasteiger partial charge >= 0.3 is 6.03 Å². The maximum atomic E-state index is 11.8. The normalized spacial score (nSPS) is 10.2. The summed E-state index contributed by atoms with van der Waals surface area (Å²) in [5, 5.41) is 4.30. The Hall–Kier alpha value is -2.73. The molecular weight excluding hydrogens is 282 g/mol. The Balaban J connectivity index is 2.15. The highest BCUT2D eigenvalue weighted by molar-refractivity contribution is 5.90. The molecule has 0 atom stereocenters. The lowest BCUT2D eigenvalue weighted by atomic mass is 10.3. The molecule has 0 unspecified atom stereocenters. The lowest BCUT2D eigenvalue weighted by molar-refractivity contribution is 0.224. The van der Waals surface area contributed by atoms with Crippen LogP contribution in [0, 0.1) is 0 Å². The second-order valence-corrected chi connectivity index (χ2v) is 4.74. The van der Waals surface area contributed by atoms with Crippen LogP contribution >= 0.6 is 0 Å². The molecule has 0 aliphatic heterocycles. The maximum Gasteiger partial charge on any atom is 0.333 e.